The van der Waals surface area contributed by atoms with Gasteiger partial charge in [-0.25, -0.2) is 13.2 Å². The Morgan fingerprint density at radius 2 is 1.80 bits per heavy atom. The van der Waals surface area contributed by atoms with Crippen molar-refractivity contribution in [2.75, 3.05) is 6.54 Å². The lowest BCUT2D eigenvalue weighted by molar-refractivity contribution is -0.168. The fourth-order valence-corrected chi connectivity index (χ4v) is 6.23. The van der Waals surface area contributed by atoms with E-state index in [0.29, 0.717) is 18.0 Å². The molecule has 8 nitrogen and oxygen atoms in total. The SMILES string of the molecule is CC12CCCN1S(=O)(=O)C(C(=O)ON1C(=O)c3ccccc3C1=O)C2. The fourth-order valence-electron chi connectivity index (χ4n) is 3.90. The van der Waals surface area contributed by atoms with Gasteiger partial charge in [-0.15, -0.1) is 0 Å². The maximum absolute atomic E-state index is 12.6. The van der Waals surface area contributed by atoms with Gasteiger partial charge in [0.2, 0.25) is 10.0 Å². The molecule has 9 heteroatoms. The number of hydrogen-bond donors (Lipinski definition) is 0. The van der Waals surface area contributed by atoms with Crippen molar-refractivity contribution >= 4 is 27.8 Å². The minimum Gasteiger partial charge on any atom is -0.328 e. The Balaban J connectivity index is 1.58. The van der Waals surface area contributed by atoms with Crippen molar-refractivity contribution in [1.82, 2.24) is 9.37 Å². The summed E-state index contributed by atoms with van der Waals surface area (Å²) in [7, 11) is -3.86. The van der Waals surface area contributed by atoms with Gasteiger partial charge in [0.1, 0.15) is 0 Å². The van der Waals surface area contributed by atoms with Gasteiger partial charge in [0.15, 0.2) is 5.25 Å². The Kier molecular flexibility index (Phi) is 3.32. The molecular formula is C16H16N2O6S. The third kappa shape index (κ3) is 2.15. The van der Waals surface area contributed by atoms with Crippen LogP contribution in [0, 0.1) is 0 Å². The van der Waals surface area contributed by atoms with Gasteiger partial charge >= 0.3 is 5.97 Å². The van der Waals surface area contributed by atoms with Crippen molar-refractivity contribution in [3.05, 3.63) is 35.4 Å². The first-order chi connectivity index (χ1) is 11.8. The molecule has 0 radical (unpaired) electrons. The normalized spacial score (nSPS) is 30.4. The summed E-state index contributed by atoms with van der Waals surface area (Å²) in [4.78, 5) is 41.9. The molecule has 1 aromatic rings. The number of sulfonamides is 1. The summed E-state index contributed by atoms with van der Waals surface area (Å²) in [6.07, 6.45) is 1.51. The van der Waals surface area contributed by atoms with Gasteiger partial charge in [0, 0.05) is 12.1 Å². The number of benzene rings is 1. The first kappa shape index (κ1) is 16.2. The Morgan fingerprint density at radius 3 is 2.36 bits per heavy atom. The lowest BCUT2D eigenvalue weighted by atomic mass is 9.94. The molecule has 1 aromatic carbocycles. The number of carbonyl (C=O) groups excluding carboxylic acids is 3. The molecule has 4 rings (SSSR count). The Labute approximate surface area is 144 Å². The predicted octanol–water partition coefficient (Wildman–Crippen LogP) is 0.697. The first-order valence-electron chi connectivity index (χ1n) is 7.97. The van der Waals surface area contributed by atoms with E-state index in [4.69, 9.17) is 4.84 Å². The molecule has 2 fully saturated rings. The van der Waals surface area contributed by atoms with E-state index in [1.165, 1.54) is 16.4 Å². The standard InChI is InChI=1S/C16H16N2O6S/c1-16-7-4-8-17(16)25(22,23)12(9-16)15(21)24-18-13(19)10-5-2-3-6-11(10)14(18)20/h2-3,5-6,12H,4,7-9H2,1H3. The zero-order valence-corrected chi connectivity index (χ0v) is 14.3. The van der Waals surface area contributed by atoms with Crippen LogP contribution in [0.5, 0.6) is 0 Å². The summed E-state index contributed by atoms with van der Waals surface area (Å²) in [5.74, 6) is -2.63. The molecule has 0 N–H and O–H groups in total. The number of rotatable bonds is 2. The lowest BCUT2D eigenvalue weighted by Gasteiger charge is -2.24. The molecular weight excluding hydrogens is 348 g/mol. The molecule has 2 amide bonds. The molecule has 132 valence electrons. The third-order valence-corrected chi connectivity index (χ3v) is 7.49. The predicted molar refractivity (Wildman–Crippen MR) is 84.7 cm³/mol. The second-order valence-corrected chi connectivity index (χ2v) is 8.81. The Morgan fingerprint density at radius 1 is 1.20 bits per heavy atom. The summed E-state index contributed by atoms with van der Waals surface area (Å²) >= 11 is 0. The highest BCUT2D eigenvalue weighted by atomic mass is 32.2. The lowest BCUT2D eigenvalue weighted by Crippen LogP contribution is -2.40. The maximum Gasteiger partial charge on any atom is 0.352 e. The molecule has 0 spiro atoms. The van der Waals surface area contributed by atoms with E-state index >= 15 is 0 Å². The van der Waals surface area contributed by atoms with Gasteiger partial charge in [-0.2, -0.15) is 4.31 Å². The van der Waals surface area contributed by atoms with E-state index in [9.17, 15) is 22.8 Å². The van der Waals surface area contributed by atoms with Gasteiger partial charge < -0.3 is 4.84 Å². The molecule has 2 atom stereocenters. The number of imide groups is 1. The average molecular weight is 364 g/mol. The van der Waals surface area contributed by atoms with E-state index in [0.717, 1.165) is 6.42 Å². The van der Waals surface area contributed by atoms with Crippen molar-refractivity contribution in [2.24, 2.45) is 0 Å². The largest absolute Gasteiger partial charge is 0.352 e. The van der Waals surface area contributed by atoms with E-state index in [2.05, 4.69) is 0 Å². The van der Waals surface area contributed by atoms with E-state index in [-0.39, 0.29) is 17.5 Å². The minimum absolute atomic E-state index is 0.0946. The first-order valence-corrected chi connectivity index (χ1v) is 9.47. The number of carbonyl (C=O) groups is 3. The van der Waals surface area contributed by atoms with Crippen LogP contribution >= 0.6 is 0 Å². The molecule has 0 bridgehead atoms. The molecule has 3 aliphatic heterocycles. The topological polar surface area (TPSA) is 101 Å². The van der Waals surface area contributed by atoms with E-state index in [1.807, 2.05) is 0 Å². The summed E-state index contributed by atoms with van der Waals surface area (Å²) in [5, 5.41) is -1.05. The second-order valence-electron chi connectivity index (χ2n) is 6.77. The van der Waals surface area contributed by atoms with Crippen molar-refractivity contribution < 1.29 is 27.6 Å². The van der Waals surface area contributed by atoms with Crippen LogP contribution in [0.4, 0.5) is 0 Å². The monoisotopic (exact) mass is 364 g/mol. The summed E-state index contributed by atoms with van der Waals surface area (Å²) in [5.41, 5.74) is -0.353. The van der Waals surface area contributed by atoms with E-state index in [1.54, 1.807) is 19.1 Å². The highest BCUT2D eigenvalue weighted by molar-refractivity contribution is 7.90. The van der Waals surface area contributed by atoms with Crippen LogP contribution in [0.15, 0.2) is 24.3 Å². The van der Waals surface area contributed by atoms with Crippen LogP contribution in [-0.4, -0.2) is 52.9 Å². The molecule has 0 aromatic heterocycles. The number of nitrogens with zero attached hydrogens (tertiary/aromatic N) is 2. The van der Waals surface area contributed by atoms with Gasteiger partial charge in [0.25, 0.3) is 11.8 Å². The van der Waals surface area contributed by atoms with Gasteiger partial charge in [-0.05, 0) is 38.3 Å². The zero-order chi connectivity index (χ0) is 18.0. The summed E-state index contributed by atoms with van der Waals surface area (Å²) < 4.78 is 26.6. The van der Waals surface area contributed by atoms with Crippen LogP contribution in [0.3, 0.4) is 0 Å². The fraction of sp³-hybridized carbons (Fsp3) is 0.438. The average Bonchev–Trinajstić information content (AvgIpc) is 3.14. The summed E-state index contributed by atoms with van der Waals surface area (Å²) in [6.45, 7) is 2.17. The molecule has 2 saturated heterocycles. The highest BCUT2D eigenvalue weighted by Gasteiger charge is 2.59. The molecule has 0 saturated carbocycles. The van der Waals surface area contributed by atoms with Crippen LogP contribution in [-0.2, 0) is 19.7 Å². The van der Waals surface area contributed by atoms with Crippen molar-refractivity contribution in [3.8, 4) is 0 Å². The zero-order valence-electron chi connectivity index (χ0n) is 13.5. The molecule has 2 unspecified atom stereocenters. The third-order valence-electron chi connectivity index (χ3n) is 5.17. The van der Waals surface area contributed by atoms with E-state index < -0.39 is 38.6 Å². The number of hydrogen-bond acceptors (Lipinski definition) is 6. The van der Waals surface area contributed by atoms with Gasteiger partial charge in [0.05, 0.1) is 11.1 Å². The number of hydroxylamine groups is 2. The van der Waals surface area contributed by atoms with Crippen molar-refractivity contribution in [2.45, 2.75) is 37.0 Å². The van der Waals surface area contributed by atoms with Crippen molar-refractivity contribution in [1.29, 1.82) is 0 Å². The van der Waals surface area contributed by atoms with Crippen LogP contribution in [0.2, 0.25) is 0 Å². The summed E-state index contributed by atoms with van der Waals surface area (Å²) in [6, 6.07) is 6.08. The maximum atomic E-state index is 12.6. The van der Waals surface area contributed by atoms with Crippen LogP contribution < -0.4 is 0 Å². The Bertz CT molecular complexity index is 876. The number of amides is 2. The molecule has 3 aliphatic rings. The van der Waals surface area contributed by atoms with Crippen LogP contribution in [0.1, 0.15) is 46.9 Å². The number of fused-ring (bicyclic) bond motifs is 2. The smallest absolute Gasteiger partial charge is 0.328 e. The molecule has 3 heterocycles. The highest BCUT2D eigenvalue weighted by Crippen LogP contribution is 2.44. The molecule has 0 aliphatic carbocycles. The second kappa shape index (κ2) is 5.12. The molecule has 25 heavy (non-hydrogen) atoms. The van der Waals surface area contributed by atoms with Gasteiger partial charge in [-0.3, -0.25) is 9.59 Å². The Hall–Kier alpha value is -2.26. The van der Waals surface area contributed by atoms with Crippen LogP contribution in [0.25, 0.3) is 0 Å². The van der Waals surface area contributed by atoms with Gasteiger partial charge in [-0.1, -0.05) is 17.2 Å². The minimum atomic E-state index is -3.86. The van der Waals surface area contributed by atoms with Crippen molar-refractivity contribution in [3.63, 3.8) is 0 Å². The quantitative estimate of drug-likeness (QED) is 0.716.